The molecule has 0 amide bonds. The fraction of sp³-hybridized carbons (Fsp3) is 0.625. The summed E-state index contributed by atoms with van der Waals surface area (Å²) in [5, 5.41) is 54.5. The molecule has 5 N–H and O–H groups in total. The van der Waals surface area contributed by atoms with E-state index >= 15 is 0 Å². The number of phenols is 1. The average molecular weight is 449 g/mol. The molecule has 176 valence electrons. The van der Waals surface area contributed by atoms with Gasteiger partial charge in [-0.25, -0.2) is 4.79 Å². The van der Waals surface area contributed by atoms with Crippen molar-refractivity contribution in [3.05, 3.63) is 34.9 Å². The molecule has 2 fully saturated rings. The summed E-state index contributed by atoms with van der Waals surface area (Å²) >= 11 is 0. The Bertz CT molecular complexity index is 977. The van der Waals surface area contributed by atoms with Crippen molar-refractivity contribution in [3.8, 4) is 11.5 Å². The number of rotatable bonds is 4. The third-order valence-corrected chi connectivity index (χ3v) is 8.09. The number of aliphatic hydroxyl groups is 4. The van der Waals surface area contributed by atoms with Crippen LogP contribution in [-0.4, -0.2) is 68.6 Å². The molecule has 0 heterocycles. The number of fused-ring (bicyclic) bond motifs is 3. The molecule has 6 atom stereocenters. The Kier molecular flexibility index (Phi) is 4.99. The lowest BCUT2D eigenvalue weighted by Crippen LogP contribution is -2.76. The predicted molar refractivity (Wildman–Crippen MR) is 114 cm³/mol. The minimum absolute atomic E-state index is 0.0353. The first-order valence-electron chi connectivity index (χ1n) is 10.8. The number of carbonyl (C=O) groups excluding carboxylic acids is 1. The van der Waals surface area contributed by atoms with Gasteiger partial charge in [-0.3, -0.25) is 0 Å². The monoisotopic (exact) mass is 448 g/mol. The van der Waals surface area contributed by atoms with E-state index in [1.54, 1.807) is 19.9 Å². The smallest absolute Gasteiger partial charge is 0.342 e. The van der Waals surface area contributed by atoms with Gasteiger partial charge >= 0.3 is 5.97 Å². The van der Waals surface area contributed by atoms with Gasteiger partial charge in [-0.15, -0.1) is 0 Å². The van der Waals surface area contributed by atoms with Gasteiger partial charge in [-0.05, 0) is 48.5 Å². The number of carbonyl (C=O) groups is 1. The minimum atomic E-state index is -1.76. The highest BCUT2D eigenvalue weighted by Crippen LogP contribution is 2.69. The van der Waals surface area contributed by atoms with Gasteiger partial charge in [-0.2, -0.15) is 0 Å². The zero-order valence-corrected chi connectivity index (χ0v) is 19.0. The van der Waals surface area contributed by atoms with Gasteiger partial charge in [-0.1, -0.05) is 20.8 Å². The number of ether oxygens (including phenoxy) is 2. The number of aliphatic hydroxyl groups excluding tert-OH is 2. The Labute approximate surface area is 187 Å². The highest BCUT2D eigenvalue weighted by Gasteiger charge is 2.77. The minimum Gasteiger partial charge on any atom is -0.507 e. The van der Waals surface area contributed by atoms with Crippen LogP contribution in [0.3, 0.4) is 0 Å². The maximum Gasteiger partial charge on any atom is 0.342 e. The van der Waals surface area contributed by atoms with Crippen molar-refractivity contribution in [2.24, 2.45) is 16.7 Å². The van der Waals surface area contributed by atoms with Crippen molar-refractivity contribution in [2.45, 2.75) is 63.9 Å². The van der Waals surface area contributed by atoms with Crippen LogP contribution in [0.2, 0.25) is 0 Å². The van der Waals surface area contributed by atoms with E-state index in [0.717, 1.165) is 0 Å². The molecule has 4 rings (SSSR count). The van der Waals surface area contributed by atoms with Crippen LogP contribution < -0.4 is 4.74 Å². The number of methoxy groups -OCH3 is 1. The number of esters is 1. The summed E-state index contributed by atoms with van der Waals surface area (Å²) < 4.78 is 10.7. The molecule has 8 heteroatoms. The Hall–Kier alpha value is -2.13. The molecule has 2 saturated carbocycles. The summed E-state index contributed by atoms with van der Waals surface area (Å²) in [6.07, 6.45) is -0.00892. The third kappa shape index (κ3) is 2.79. The number of phenolic OH excluding ortho intramolecular Hbond substituents is 1. The van der Waals surface area contributed by atoms with Crippen molar-refractivity contribution in [3.63, 3.8) is 0 Å². The highest BCUT2D eigenvalue weighted by molar-refractivity contribution is 5.94. The molecular formula is C24H32O8. The molecule has 32 heavy (non-hydrogen) atoms. The first-order valence-corrected chi connectivity index (χ1v) is 10.8. The molecule has 3 aliphatic rings. The van der Waals surface area contributed by atoms with Gasteiger partial charge < -0.3 is 35.0 Å². The molecule has 0 radical (unpaired) electrons. The molecule has 1 aromatic carbocycles. The third-order valence-electron chi connectivity index (χ3n) is 8.09. The lowest BCUT2D eigenvalue weighted by molar-refractivity contribution is -0.276. The molecule has 0 aromatic heterocycles. The first-order chi connectivity index (χ1) is 14.7. The maximum absolute atomic E-state index is 12.9. The summed E-state index contributed by atoms with van der Waals surface area (Å²) in [5.41, 5.74) is -4.18. The van der Waals surface area contributed by atoms with E-state index in [9.17, 15) is 30.3 Å². The van der Waals surface area contributed by atoms with E-state index in [0.29, 0.717) is 11.3 Å². The van der Waals surface area contributed by atoms with Gasteiger partial charge in [0.25, 0.3) is 0 Å². The van der Waals surface area contributed by atoms with Crippen LogP contribution in [0.4, 0.5) is 0 Å². The predicted octanol–water partition coefficient (Wildman–Crippen LogP) is 1.45. The first kappa shape index (κ1) is 23.0. The average Bonchev–Trinajstić information content (AvgIpc) is 2.88. The van der Waals surface area contributed by atoms with Crippen LogP contribution in [0.5, 0.6) is 11.5 Å². The van der Waals surface area contributed by atoms with Crippen LogP contribution in [0, 0.1) is 23.7 Å². The summed E-state index contributed by atoms with van der Waals surface area (Å²) in [4.78, 5) is 12.9. The Morgan fingerprint density at radius 3 is 2.44 bits per heavy atom. The molecule has 0 bridgehead atoms. The number of aryl methyl sites for hydroxylation is 1. The quantitative estimate of drug-likeness (QED) is 0.345. The lowest BCUT2D eigenvalue weighted by atomic mass is 9.43. The fourth-order valence-corrected chi connectivity index (χ4v) is 6.59. The zero-order chi connectivity index (χ0) is 23.9. The summed E-state index contributed by atoms with van der Waals surface area (Å²) in [6, 6.07) is 2.90. The number of hydrogen-bond acceptors (Lipinski definition) is 8. The Balaban J connectivity index is 1.69. The maximum atomic E-state index is 12.9. The van der Waals surface area contributed by atoms with E-state index in [4.69, 9.17) is 9.47 Å². The fourth-order valence-electron chi connectivity index (χ4n) is 6.59. The summed E-state index contributed by atoms with van der Waals surface area (Å²) in [5.74, 6) is -1.42. The van der Waals surface area contributed by atoms with Crippen LogP contribution in [0.25, 0.3) is 0 Å². The van der Waals surface area contributed by atoms with Gasteiger partial charge in [0.2, 0.25) is 0 Å². The van der Waals surface area contributed by atoms with Crippen molar-refractivity contribution in [2.75, 3.05) is 13.7 Å². The molecule has 0 unspecified atom stereocenters. The number of aromatic hydroxyl groups is 1. The van der Waals surface area contributed by atoms with E-state index in [2.05, 4.69) is 0 Å². The second-order valence-corrected chi connectivity index (χ2v) is 10.5. The van der Waals surface area contributed by atoms with E-state index in [1.165, 1.54) is 19.3 Å². The van der Waals surface area contributed by atoms with Crippen molar-refractivity contribution < 1.29 is 39.8 Å². The topological polar surface area (TPSA) is 137 Å². The normalized spacial score (nSPS) is 39.4. The van der Waals surface area contributed by atoms with Crippen molar-refractivity contribution in [1.82, 2.24) is 0 Å². The Morgan fingerprint density at radius 1 is 1.22 bits per heavy atom. The molecule has 8 nitrogen and oxygen atoms in total. The van der Waals surface area contributed by atoms with E-state index in [-0.39, 0.29) is 29.7 Å². The van der Waals surface area contributed by atoms with Gasteiger partial charge in [0.05, 0.1) is 25.4 Å². The Morgan fingerprint density at radius 2 is 1.88 bits per heavy atom. The molecule has 1 aromatic rings. The molecule has 0 aliphatic heterocycles. The highest BCUT2D eigenvalue weighted by atomic mass is 16.6. The van der Waals surface area contributed by atoms with Gasteiger partial charge in [0, 0.05) is 17.4 Å². The number of benzene rings is 1. The van der Waals surface area contributed by atoms with Crippen LogP contribution in [-0.2, 0) is 4.74 Å². The molecule has 0 saturated heterocycles. The molecular weight excluding hydrogens is 416 g/mol. The lowest BCUT2D eigenvalue weighted by Gasteiger charge is -2.66. The van der Waals surface area contributed by atoms with Gasteiger partial charge in [0.15, 0.2) is 0 Å². The summed E-state index contributed by atoms with van der Waals surface area (Å²) in [7, 11) is 1.45. The molecule has 3 aliphatic carbocycles. The second kappa shape index (κ2) is 6.93. The van der Waals surface area contributed by atoms with Crippen LogP contribution in [0.1, 0.15) is 49.5 Å². The summed E-state index contributed by atoms with van der Waals surface area (Å²) in [6.45, 7) is 6.56. The van der Waals surface area contributed by atoms with E-state index in [1.807, 2.05) is 13.8 Å². The van der Waals surface area contributed by atoms with Gasteiger partial charge in [0.1, 0.15) is 28.8 Å². The van der Waals surface area contributed by atoms with Crippen LogP contribution >= 0.6 is 0 Å². The second-order valence-electron chi connectivity index (χ2n) is 10.5. The van der Waals surface area contributed by atoms with Crippen LogP contribution in [0.15, 0.2) is 23.8 Å². The molecule has 0 spiro atoms. The van der Waals surface area contributed by atoms with Crippen molar-refractivity contribution in [1.29, 1.82) is 0 Å². The zero-order valence-electron chi connectivity index (χ0n) is 19.0. The van der Waals surface area contributed by atoms with E-state index < -0.39 is 52.7 Å². The standard InChI is InChI=1S/C24H32O8/c1-12-6-14(31-5)7-15(26)17(12)20(28)32-16-9-22(4)18-19(27)21(2,3)11-23(18,29)8-13(10-25)24(16,22)30/h6-8,16,18-19,25-27,29-30H,9-11H2,1-5H3/t16-,18-,19-,22-,23-,24+/m1/s1. The van der Waals surface area contributed by atoms with Crippen molar-refractivity contribution >= 4 is 5.97 Å². The number of hydrogen-bond donors (Lipinski definition) is 5. The SMILES string of the molecule is COc1cc(C)c(C(=O)O[C@@H]2C[C@]3(C)[C@H]4[C@@H](O)C(C)(C)C[C@]4(O)C=C(CO)[C@]23O)c(O)c1. The largest absolute Gasteiger partial charge is 0.507 e.